The minimum absolute atomic E-state index is 0.0575. The summed E-state index contributed by atoms with van der Waals surface area (Å²) in [6.07, 6.45) is 0.584. The van der Waals surface area contributed by atoms with Gasteiger partial charge < -0.3 is 15.9 Å². The highest BCUT2D eigenvalue weighted by atomic mass is 16.3. The molecule has 3 nitrogen and oxygen atoms in total. The molecule has 1 rings (SSSR count). The van der Waals surface area contributed by atoms with Gasteiger partial charge in [0, 0.05) is 0 Å². The summed E-state index contributed by atoms with van der Waals surface area (Å²) in [5, 5.41) is 18.3. The van der Waals surface area contributed by atoms with Gasteiger partial charge in [-0.25, -0.2) is 0 Å². The third-order valence-electron chi connectivity index (χ3n) is 1.51. The zero-order valence-electron chi connectivity index (χ0n) is 6.12. The van der Waals surface area contributed by atoms with Gasteiger partial charge in [-0.15, -0.1) is 0 Å². The van der Waals surface area contributed by atoms with Gasteiger partial charge in [0.1, 0.15) is 0 Å². The molecule has 0 aliphatic rings. The summed E-state index contributed by atoms with van der Waals surface area (Å²) in [6, 6.07) is 4.86. The van der Waals surface area contributed by atoms with Gasteiger partial charge in [0.15, 0.2) is 11.5 Å². The highest BCUT2D eigenvalue weighted by Crippen LogP contribution is 2.27. The Morgan fingerprint density at radius 3 is 2.64 bits per heavy atom. The van der Waals surface area contributed by atoms with Crippen molar-refractivity contribution in [2.45, 2.75) is 6.42 Å². The van der Waals surface area contributed by atoms with Crippen molar-refractivity contribution in [3.8, 4) is 11.5 Å². The van der Waals surface area contributed by atoms with Crippen LogP contribution in [-0.4, -0.2) is 16.8 Å². The lowest BCUT2D eigenvalue weighted by molar-refractivity contribution is 0.399. The zero-order chi connectivity index (χ0) is 8.27. The maximum absolute atomic E-state index is 9.22. The lowest BCUT2D eigenvalue weighted by Crippen LogP contribution is -2.02. The number of hydrogen-bond donors (Lipinski definition) is 3. The molecule has 0 aliphatic carbocycles. The van der Waals surface area contributed by atoms with Crippen LogP contribution in [0.1, 0.15) is 5.56 Å². The first-order valence-corrected chi connectivity index (χ1v) is 3.45. The summed E-state index contributed by atoms with van der Waals surface area (Å²) < 4.78 is 0. The van der Waals surface area contributed by atoms with Gasteiger partial charge in [0.25, 0.3) is 0 Å². The van der Waals surface area contributed by atoms with E-state index in [9.17, 15) is 5.11 Å². The van der Waals surface area contributed by atoms with E-state index in [0.717, 1.165) is 0 Å². The first-order valence-electron chi connectivity index (χ1n) is 3.45. The van der Waals surface area contributed by atoms with Crippen molar-refractivity contribution >= 4 is 0 Å². The number of nitrogens with two attached hydrogens (primary N) is 1. The monoisotopic (exact) mass is 153 g/mol. The number of benzene rings is 1. The Bertz CT molecular complexity index is 248. The topological polar surface area (TPSA) is 66.5 Å². The minimum Gasteiger partial charge on any atom is -0.504 e. The molecule has 0 unspecified atom stereocenters. The summed E-state index contributed by atoms with van der Waals surface area (Å²) >= 11 is 0. The summed E-state index contributed by atoms with van der Waals surface area (Å²) in [6.45, 7) is 0.469. The fraction of sp³-hybridized carbons (Fsp3) is 0.250. The second-order valence-electron chi connectivity index (χ2n) is 2.32. The third-order valence-corrected chi connectivity index (χ3v) is 1.51. The van der Waals surface area contributed by atoms with Crippen LogP contribution in [0.5, 0.6) is 11.5 Å². The molecule has 0 fully saturated rings. The Hall–Kier alpha value is -1.22. The molecule has 0 aromatic heterocycles. The van der Waals surface area contributed by atoms with Crippen LogP contribution < -0.4 is 5.73 Å². The molecule has 0 amide bonds. The minimum atomic E-state index is -0.0871. The lowest BCUT2D eigenvalue weighted by atomic mass is 10.1. The van der Waals surface area contributed by atoms with Crippen molar-refractivity contribution in [2.24, 2.45) is 5.73 Å². The summed E-state index contributed by atoms with van der Waals surface area (Å²) in [4.78, 5) is 0. The Kier molecular flexibility index (Phi) is 2.33. The van der Waals surface area contributed by atoms with E-state index < -0.39 is 0 Å². The SMILES string of the molecule is NCCc1cccc(O)c1O. The van der Waals surface area contributed by atoms with E-state index in [1.807, 2.05) is 0 Å². The fourth-order valence-electron chi connectivity index (χ4n) is 0.935. The maximum Gasteiger partial charge on any atom is 0.160 e. The molecule has 0 saturated carbocycles. The molecular weight excluding hydrogens is 142 g/mol. The highest BCUT2D eigenvalue weighted by Gasteiger charge is 2.03. The number of hydrogen-bond acceptors (Lipinski definition) is 3. The maximum atomic E-state index is 9.22. The second-order valence-corrected chi connectivity index (χ2v) is 2.32. The third kappa shape index (κ3) is 1.62. The van der Waals surface area contributed by atoms with Crippen LogP contribution in [0.4, 0.5) is 0 Å². The van der Waals surface area contributed by atoms with Crippen molar-refractivity contribution in [1.29, 1.82) is 0 Å². The summed E-state index contributed by atoms with van der Waals surface area (Å²) in [5.74, 6) is -0.145. The molecule has 0 spiro atoms. The zero-order valence-corrected chi connectivity index (χ0v) is 6.12. The summed E-state index contributed by atoms with van der Waals surface area (Å²) in [7, 11) is 0. The van der Waals surface area contributed by atoms with E-state index in [4.69, 9.17) is 10.8 Å². The number of phenols is 2. The number of para-hydroxylation sites is 1. The van der Waals surface area contributed by atoms with E-state index in [1.54, 1.807) is 12.1 Å². The standard InChI is InChI=1S/C8H11NO2/c9-5-4-6-2-1-3-7(10)8(6)11/h1-3,10-11H,4-5,9H2. The van der Waals surface area contributed by atoms with Gasteiger partial charge >= 0.3 is 0 Å². The van der Waals surface area contributed by atoms with Gasteiger partial charge in [-0.05, 0) is 24.6 Å². The van der Waals surface area contributed by atoms with E-state index in [2.05, 4.69) is 0 Å². The van der Waals surface area contributed by atoms with Gasteiger partial charge in [0.05, 0.1) is 0 Å². The fourth-order valence-corrected chi connectivity index (χ4v) is 0.935. The van der Waals surface area contributed by atoms with Crippen LogP contribution in [-0.2, 0) is 6.42 Å². The van der Waals surface area contributed by atoms with Gasteiger partial charge in [-0.3, -0.25) is 0 Å². The number of phenolic OH excluding ortho intramolecular Hbond substituents is 2. The molecule has 1 aromatic carbocycles. The Morgan fingerprint density at radius 2 is 2.00 bits per heavy atom. The lowest BCUT2D eigenvalue weighted by Gasteiger charge is -2.03. The van der Waals surface area contributed by atoms with Crippen molar-refractivity contribution in [3.63, 3.8) is 0 Å². The molecule has 60 valence electrons. The van der Waals surface area contributed by atoms with Crippen LogP contribution >= 0.6 is 0 Å². The molecule has 0 bridgehead atoms. The molecular formula is C8H11NO2. The molecule has 0 atom stereocenters. The smallest absolute Gasteiger partial charge is 0.160 e. The largest absolute Gasteiger partial charge is 0.504 e. The number of aromatic hydroxyl groups is 2. The van der Waals surface area contributed by atoms with Crippen LogP contribution in [0.25, 0.3) is 0 Å². The van der Waals surface area contributed by atoms with Gasteiger partial charge in [0.2, 0.25) is 0 Å². The first-order chi connectivity index (χ1) is 5.25. The number of rotatable bonds is 2. The van der Waals surface area contributed by atoms with Crippen molar-refractivity contribution in [3.05, 3.63) is 23.8 Å². The highest BCUT2D eigenvalue weighted by molar-refractivity contribution is 5.44. The molecule has 0 aliphatic heterocycles. The van der Waals surface area contributed by atoms with E-state index in [1.165, 1.54) is 6.07 Å². The average Bonchev–Trinajstić information content (AvgIpc) is 1.99. The Balaban J connectivity index is 2.96. The molecule has 0 radical (unpaired) electrons. The van der Waals surface area contributed by atoms with Crippen LogP contribution in [0.15, 0.2) is 18.2 Å². The first kappa shape index (κ1) is 7.88. The van der Waals surface area contributed by atoms with Gasteiger partial charge in [-0.1, -0.05) is 12.1 Å². The predicted octanol–water partition coefficient (Wildman–Crippen LogP) is 0.599. The average molecular weight is 153 g/mol. The van der Waals surface area contributed by atoms with E-state index >= 15 is 0 Å². The molecule has 4 N–H and O–H groups in total. The van der Waals surface area contributed by atoms with Crippen molar-refractivity contribution in [1.82, 2.24) is 0 Å². The molecule has 3 heteroatoms. The van der Waals surface area contributed by atoms with Crippen molar-refractivity contribution < 1.29 is 10.2 Å². The Morgan fingerprint density at radius 1 is 1.27 bits per heavy atom. The molecule has 0 heterocycles. The van der Waals surface area contributed by atoms with Gasteiger partial charge in [-0.2, -0.15) is 0 Å². The Labute approximate surface area is 65.1 Å². The van der Waals surface area contributed by atoms with Crippen LogP contribution in [0, 0.1) is 0 Å². The van der Waals surface area contributed by atoms with E-state index in [-0.39, 0.29) is 11.5 Å². The normalized spacial score (nSPS) is 9.91. The van der Waals surface area contributed by atoms with E-state index in [0.29, 0.717) is 18.5 Å². The van der Waals surface area contributed by atoms with Crippen molar-refractivity contribution in [2.75, 3.05) is 6.54 Å². The predicted molar refractivity (Wildman–Crippen MR) is 42.5 cm³/mol. The molecule has 1 aromatic rings. The molecule has 0 saturated heterocycles. The van der Waals surface area contributed by atoms with Crippen LogP contribution in [0.3, 0.4) is 0 Å². The van der Waals surface area contributed by atoms with Crippen LogP contribution in [0.2, 0.25) is 0 Å². The summed E-state index contributed by atoms with van der Waals surface area (Å²) in [5.41, 5.74) is 5.97. The molecule has 11 heavy (non-hydrogen) atoms. The quantitative estimate of drug-likeness (QED) is 0.545. The second kappa shape index (κ2) is 3.25.